The number of hydrogen-bond donors (Lipinski definition) is 2. The first-order chi connectivity index (χ1) is 13.2. The molecule has 2 aromatic rings. The van der Waals surface area contributed by atoms with Crippen molar-refractivity contribution in [2.24, 2.45) is 0 Å². The Morgan fingerprint density at radius 2 is 1.81 bits per heavy atom. The van der Waals surface area contributed by atoms with Crippen molar-refractivity contribution in [3.8, 4) is 5.75 Å². The van der Waals surface area contributed by atoms with Crippen LogP contribution in [0.4, 0.5) is 0 Å². The summed E-state index contributed by atoms with van der Waals surface area (Å²) in [5.74, 6) is 0.487. The van der Waals surface area contributed by atoms with Crippen molar-refractivity contribution in [1.29, 1.82) is 0 Å². The molecule has 1 aliphatic heterocycles. The molecule has 2 N–H and O–H groups in total. The van der Waals surface area contributed by atoms with Crippen LogP contribution in [0.2, 0.25) is 5.02 Å². The number of hydrogen-bond acceptors (Lipinski definition) is 4. The van der Waals surface area contributed by atoms with Crippen LogP contribution in [0.25, 0.3) is 0 Å². The molecule has 5 nitrogen and oxygen atoms in total. The molecule has 0 radical (unpaired) electrons. The molecule has 144 valence electrons. The Bertz CT molecular complexity index is 703. The van der Waals surface area contributed by atoms with Crippen molar-refractivity contribution in [3.63, 3.8) is 0 Å². The first-order valence-electron chi connectivity index (χ1n) is 9.40. The Morgan fingerprint density at radius 3 is 2.52 bits per heavy atom. The molecule has 1 atom stereocenters. The molecule has 1 heterocycles. The van der Waals surface area contributed by atoms with Gasteiger partial charge in [0.25, 0.3) is 5.91 Å². The Balaban J connectivity index is 1.56. The predicted octanol–water partition coefficient (Wildman–Crippen LogP) is 2.87. The highest BCUT2D eigenvalue weighted by molar-refractivity contribution is 6.30. The van der Waals surface area contributed by atoms with E-state index in [4.69, 9.17) is 16.3 Å². The third-order valence-corrected chi connectivity index (χ3v) is 4.82. The summed E-state index contributed by atoms with van der Waals surface area (Å²) >= 11 is 5.93. The average molecular weight is 388 g/mol. The second-order valence-corrected chi connectivity index (χ2v) is 7.04. The van der Waals surface area contributed by atoms with Crippen LogP contribution in [0.5, 0.6) is 5.75 Å². The quantitative estimate of drug-likeness (QED) is 0.684. The number of amides is 1. The Labute approximate surface area is 165 Å². The number of halogens is 1. The summed E-state index contributed by atoms with van der Waals surface area (Å²) in [5.41, 5.74) is 0.826. The number of nitrogens with zero attached hydrogens (tertiary/aromatic N) is 1. The zero-order valence-electron chi connectivity index (χ0n) is 15.4. The van der Waals surface area contributed by atoms with Gasteiger partial charge in [0.1, 0.15) is 5.75 Å². The molecule has 0 aromatic heterocycles. The Morgan fingerprint density at radius 1 is 1.11 bits per heavy atom. The highest BCUT2D eigenvalue weighted by Gasteiger charge is 2.22. The van der Waals surface area contributed by atoms with Crippen LogP contribution in [-0.4, -0.2) is 50.1 Å². The van der Waals surface area contributed by atoms with Crippen molar-refractivity contribution in [2.45, 2.75) is 12.5 Å². The molecule has 2 aromatic carbocycles. The fourth-order valence-corrected chi connectivity index (χ4v) is 3.22. The molecule has 0 bridgehead atoms. The summed E-state index contributed by atoms with van der Waals surface area (Å²) in [4.78, 5) is 15.2. The minimum atomic E-state index is -0.688. The molecule has 0 spiro atoms. The Hall–Kier alpha value is -2.08. The van der Waals surface area contributed by atoms with Gasteiger partial charge in [0, 0.05) is 43.3 Å². The maximum atomic E-state index is 12.8. The van der Waals surface area contributed by atoms with Crippen LogP contribution < -0.4 is 15.4 Å². The smallest absolute Gasteiger partial charge is 0.265 e. The predicted molar refractivity (Wildman–Crippen MR) is 108 cm³/mol. The lowest BCUT2D eigenvalue weighted by molar-refractivity contribution is -0.128. The van der Waals surface area contributed by atoms with Gasteiger partial charge in [0.15, 0.2) is 0 Å². The summed E-state index contributed by atoms with van der Waals surface area (Å²) in [6.07, 6.45) is 0.236. The summed E-state index contributed by atoms with van der Waals surface area (Å²) < 4.78 is 5.97. The first-order valence-corrected chi connectivity index (χ1v) is 9.78. The lowest BCUT2D eigenvalue weighted by Crippen LogP contribution is -2.44. The van der Waals surface area contributed by atoms with Gasteiger partial charge in [-0.3, -0.25) is 4.79 Å². The summed E-state index contributed by atoms with van der Waals surface area (Å²) in [7, 11) is 0. The molecule has 3 rings (SSSR count). The van der Waals surface area contributed by atoms with Crippen LogP contribution in [0.1, 0.15) is 18.1 Å². The van der Waals surface area contributed by atoms with Crippen molar-refractivity contribution < 1.29 is 9.53 Å². The van der Waals surface area contributed by atoms with E-state index in [9.17, 15) is 4.79 Å². The number of carbonyl (C=O) groups is 1. The van der Waals surface area contributed by atoms with Crippen molar-refractivity contribution >= 4 is 17.5 Å². The van der Waals surface area contributed by atoms with Gasteiger partial charge in [-0.05, 0) is 37.2 Å². The van der Waals surface area contributed by atoms with E-state index in [0.717, 1.165) is 44.7 Å². The molecule has 6 heteroatoms. The topological polar surface area (TPSA) is 53.6 Å². The lowest BCUT2D eigenvalue weighted by atomic mass is 10.1. The average Bonchev–Trinajstić information content (AvgIpc) is 2.72. The number of benzene rings is 2. The van der Waals surface area contributed by atoms with E-state index < -0.39 is 6.10 Å². The van der Waals surface area contributed by atoms with E-state index in [2.05, 4.69) is 15.5 Å². The van der Waals surface area contributed by atoms with Crippen molar-refractivity contribution in [2.75, 3.05) is 39.3 Å². The first kappa shape index (κ1) is 19.7. The minimum Gasteiger partial charge on any atom is -0.476 e. The fourth-order valence-electron chi connectivity index (χ4n) is 3.09. The molecule has 0 aliphatic carbocycles. The van der Waals surface area contributed by atoms with Gasteiger partial charge < -0.3 is 20.3 Å². The normalized spacial score (nSPS) is 15.9. The van der Waals surface area contributed by atoms with Crippen LogP contribution in [0.3, 0.4) is 0 Å². The van der Waals surface area contributed by atoms with Crippen LogP contribution in [0.15, 0.2) is 54.6 Å². The van der Waals surface area contributed by atoms with E-state index in [1.807, 2.05) is 30.3 Å². The third-order valence-electron chi connectivity index (χ3n) is 4.57. The summed E-state index contributed by atoms with van der Waals surface area (Å²) in [6, 6.07) is 16.6. The molecular weight excluding hydrogens is 362 g/mol. The lowest BCUT2D eigenvalue weighted by Gasteiger charge is -2.27. The number of rotatable bonds is 8. The standard InChI is InChI=1S/C21H26ClN3O2/c22-18-7-9-19(10-8-18)27-20(17-5-2-1-3-6-17)21(26)24-11-4-14-25-15-12-23-13-16-25/h1-3,5-10,20,23H,4,11-16H2,(H,24,26). The fraction of sp³-hybridized carbons (Fsp3) is 0.381. The van der Waals surface area contributed by atoms with Gasteiger partial charge >= 0.3 is 0 Å². The third kappa shape index (κ3) is 6.24. The van der Waals surface area contributed by atoms with Crippen molar-refractivity contribution in [3.05, 3.63) is 65.2 Å². The molecule has 1 saturated heterocycles. The van der Waals surface area contributed by atoms with E-state index in [1.54, 1.807) is 24.3 Å². The van der Waals surface area contributed by atoms with Gasteiger partial charge in [-0.1, -0.05) is 41.9 Å². The molecule has 1 fully saturated rings. The van der Waals surface area contributed by atoms with E-state index in [-0.39, 0.29) is 5.91 Å². The van der Waals surface area contributed by atoms with Gasteiger partial charge in [0.05, 0.1) is 0 Å². The van der Waals surface area contributed by atoms with Gasteiger partial charge in [0.2, 0.25) is 6.10 Å². The van der Waals surface area contributed by atoms with Crippen LogP contribution in [0, 0.1) is 0 Å². The summed E-state index contributed by atoms with van der Waals surface area (Å²) in [6.45, 7) is 5.85. The minimum absolute atomic E-state index is 0.128. The number of nitrogens with one attached hydrogen (secondary N) is 2. The van der Waals surface area contributed by atoms with Crippen LogP contribution >= 0.6 is 11.6 Å². The molecular formula is C21H26ClN3O2. The van der Waals surface area contributed by atoms with E-state index in [0.29, 0.717) is 17.3 Å². The largest absolute Gasteiger partial charge is 0.476 e. The monoisotopic (exact) mass is 387 g/mol. The second-order valence-electron chi connectivity index (χ2n) is 6.60. The number of ether oxygens (including phenoxy) is 1. The highest BCUT2D eigenvalue weighted by Crippen LogP contribution is 2.23. The maximum absolute atomic E-state index is 12.8. The number of carbonyl (C=O) groups excluding carboxylic acids is 1. The van der Waals surface area contributed by atoms with Gasteiger partial charge in [-0.2, -0.15) is 0 Å². The summed E-state index contributed by atoms with van der Waals surface area (Å²) in [5, 5.41) is 7.00. The second kappa shape index (κ2) is 10.3. The zero-order valence-corrected chi connectivity index (χ0v) is 16.1. The zero-order chi connectivity index (χ0) is 18.9. The Kier molecular flexibility index (Phi) is 7.51. The maximum Gasteiger partial charge on any atom is 0.265 e. The molecule has 27 heavy (non-hydrogen) atoms. The van der Waals surface area contributed by atoms with Crippen molar-refractivity contribution in [1.82, 2.24) is 15.5 Å². The van der Waals surface area contributed by atoms with Gasteiger partial charge in [-0.15, -0.1) is 0 Å². The molecule has 0 saturated carbocycles. The SMILES string of the molecule is O=C(NCCCN1CCNCC1)C(Oc1ccc(Cl)cc1)c1ccccc1. The molecule has 1 unspecified atom stereocenters. The van der Waals surface area contributed by atoms with E-state index in [1.165, 1.54) is 0 Å². The van der Waals surface area contributed by atoms with E-state index >= 15 is 0 Å². The molecule has 1 aliphatic rings. The highest BCUT2D eigenvalue weighted by atomic mass is 35.5. The van der Waals surface area contributed by atoms with Gasteiger partial charge in [-0.25, -0.2) is 0 Å². The molecule has 1 amide bonds. The number of piperazine rings is 1. The van der Waals surface area contributed by atoms with Crippen LogP contribution in [-0.2, 0) is 4.79 Å².